The highest BCUT2D eigenvalue weighted by atomic mass is 32.2. The van der Waals surface area contributed by atoms with E-state index in [2.05, 4.69) is 34.6 Å². The minimum Gasteiger partial charge on any atom is -0.355 e. The van der Waals surface area contributed by atoms with E-state index in [1.807, 2.05) is 29.7 Å². The van der Waals surface area contributed by atoms with Crippen LogP contribution in [0.25, 0.3) is 0 Å². The maximum absolute atomic E-state index is 11.8. The number of rotatable bonds is 8. The molecular weight excluding hydrogens is 296 g/mol. The summed E-state index contributed by atoms with van der Waals surface area (Å²) in [6.07, 6.45) is 2.09. The predicted octanol–water partition coefficient (Wildman–Crippen LogP) is 2.64. The van der Waals surface area contributed by atoms with Gasteiger partial charge in [0, 0.05) is 6.54 Å². The molecule has 0 fully saturated rings. The van der Waals surface area contributed by atoms with Crippen molar-refractivity contribution in [3.8, 4) is 0 Å². The first-order valence-electron chi connectivity index (χ1n) is 7.54. The fourth-order valence-electron chi connectivity index (χ4n) is 2.00. The van der Waals surface area contributed by atoms with Crippen molar-refractivity contribution in [2.45, 2.75) is 38.4 Å². The van der Waals surface area contributed by atoms with Crippen LogP contribution in [0.15, 0.2) is 35.5 Å². The third kappa shape index (κ3) is 4.87. The van der Waals surface area contributed by atoms with Crippen LogP contribution >= 0.6 is 11.8 Å². The summed E-state index contributed by atoms with van der Waals surface area (Å²) in [6.45, 7) is 5.50. The maximum atomic E-state index is 11.8. The van der Waals surface area contributed by atoms with Gasteiger partial charge >= 0.3 is 0 Å². The van der Waals surface area contributed by atoms with Crippen molar-refractivity contribution < 1.29 is 4.79 Å². The molecule has 0 spiro atoms. The van der Waals surface area contributed by atoms with Crippen LogP contribution in [0.2, 0.25) is 0 Å². The second-order valence-electron chi connectivity index (χ2n) is 5.09. The maximum Gasteiger partial charge on any atom is 0.230 e. The van der Waals surface area contributed by atoms with Gasteiger partial charge in [-0.05, 0) is 18.9 Å². The van der Waals surface area contributed by atoms with Gasteiger partial charge in [-0.1, -0.05) is 55.4 Å². The van der Waals surface area contributed by atoms with E-state index < -0.39 is 0 Å². The number of hydrogen-bond donors (Lipinski definition) is 1. The van der Waals surface area contributed by atoms with Crippen molar-refractivity contribution in [3.63, 3.8) is 0 Å². The smallest absolute Gasteiger partial charge is 0.230 e. The summed E-state index contributed by atoms with van der Waals surface area (Å²) < 4.78 is 2.04. The molecule has 0 bridgehead atoms. The predicted molar refractivity (Wildman–Crippen MR) is 88.9 cm³/mol. The molecule has 6 heteroatoms. The lowest BCUT2D eigenvalue weighted by molar-refractivity contribution is -0.118. The first-order valence-corrected chi connectivity index (χ1v) is 8.52. The number of aromatic nitrogens is 3. The molecule has 0 unspecified atom stereocenters. The van der Waals surface area contributed by atoms with Gasteiger partial charge in [0.25, 0.3) is 0 Å². The van der Waals surface area contributed by atoms with Crippen molar-refractivity contribution in [2.75, 3.05) is 12.3 Å². The minimum absolute atomic E-state index is 0.0466. The largest absolute Gasteiger partial charge is 0.355 e. The van der Waals surface area contributed by atoms with E-state index in [-0.39, 0.29) is 5.91 Å². The van der Waals surface area contributed by atoms with E-state index in [4.69, 9.17) is 0 Å². The number of unbranched alkanes of at least 4 members (excludes halogenated alkanes) is 1. The fourth-order valence-corrected chi connectivity index (χ4v) is 2.82. The molecule has 118 valence electrons. The highest BCUT2D eigenvalue weighted by molar-refractivity contribution is 7.99. The van der Waals surface area contributed by atoms with E-state index in [0.29, 0.717) is 5.75 Å². The molecule has 0 saturated carbocycles. The van der Waals surface area contributed by atoms with Gasteiger partial charge in [0.05, 0.1) is 12.3 Å². The first kappa shape index (κ1) is 16.5. The lowest BCUT2D eigenvalue weighted by atomic mass is 10.2. The molecule has 0 aliphatic carbocycles. The number of amides is 1. The molecule has 5 nitrogen and oxygen atoms in total. The minimum atomic E-state index is 0.0466. The van der Waals surface area contributed by atoms with Crippen LogP contribution in [0.5, 0.6) is 0 Å². The Balaban J connectivity index is 1.93. The Morgan fingerprint density at radius 2 is 2.05 bits per heavy atom. The van der Waals surface area contributed by atoms with Crippen LogP contribution in [0.4, 0.5) is 0 Å². The number of thioether (sulfide) groups is 1. The summed E-state index contributed by atoms with van der Waals surface area (Å²) in [4.78, 5) is 11.8. The Morgan fingerprint density at radius 3 is 2.77 bits per heavy atom. The molecule has 2 aromatic rings. The van der Waals surface area contributed by atoms with E-state index in [9.17, 15) is 4.79 Å². The molecule has 0 aliphatic heterocycles. The van der Waals surface area contributed by atoms with Crippen molar-refractivity contribution in [2.24, 2.45) is 0 Å². The number of carbonyl (C=O) groups is 1. The zero-order chi connectivity index (χ0) is 15.8. The standard InChI is InChI=1S/C16H22N4OS/c1-3-4-10-17-15(21)12-22-16-19-18-13(2)20(16)11-14-8-6-5-7-9-14/h5-9H,3-4,10-12H2,1-2H3,(H,17,21). The second kappa shape index (κ2) is 8.58. The van der Waals surface area contributed by atoms with Gasteiger partial charge in [-0.15, -0.1) is 10.2 Å². The highest BCUT2D eigenvalue weighted by Crippen LogP contribution is 2.18. The van der Waals surface area contributed by atoms with Gasteiger partial charge in [-0.3, -0.25) is 4.79 Å². The van der Waals surface area contributed by atoms with Crippen LogP contribution in [0.1, 0.15) is 31.2 Å². The summed E-state index contributed by atoms with van der Waals surface area (Å²) in [5.41, 5.74) is 1.19. The average Bonchev–Trinajstić information content (AvgIpc) is 2.87. The Hall–Kier alpha value is -1.82. The van der Waals surface area contributed by atoms with Crippen molar-refractivity contribution in [1.29, 1.82) is 0 Å². The zero-order valence-electron chi connectivity index (χ0n) is 13.1. The summed E-state index contributed by atoms with van der Waals surface area (Å²) in [7, 11) is 0. The highest BCUT2D eigenvalue weighted by Gasteiger charge is 2.11. The van der Waals surface area contributed by atoms with Gasteiger partial charge in [0.15, 0.2) is 5.16 Å². The number of nitrogens with zero attached hydrogens (tertiary/aromatic N) is 3. The summed E-state index contributed by atoms with van der Waals surface area (Å²) >= 11 is 1.43. The molecule has 2 rings (SSSR count). The second-order valence-corrected chi connectivity index (χ2v) is 6.04. The Bertz CT molecular complexity index is 597. The van der Waals surface area contributed by atoms with Gasteiger partial charge < -0.3 is 9.88 Å². The number of benzene rings is 1. The molecule has 0 aliphatic rings. The molecule has 0 radical (unpaired) electrons. The van der Waals surface area contributed by atoms with Crippen LogP contribution in [0.3, 0.4) is 0 Å². The quantitative estimate of drug-likeness (QED) is 0.600. The molecule has 0 atom stereocenters. The van der Waals surface area contributed by atoms with Gasteiger partial charge in [-0.2, -0.15) is 0 Å². The molecule has 1 heterocycles. The van der Waals surface area contributed by atoms with Crippen LogP contribution in [-0.2, 0) is 11.3 Å². The number of carbonyl (C=O) groups excluding carboxylic acids is 1. The molecule has 1 N–H and O–H groups in total. The Morgan fingerprint density at radius 1 is 1.27 bits per heavy atom. The lowest BCUT2D eigenvalue weighted by Crippen LogP contribution is -2.26. The van der Waals surface area contributed by atoms with Crippen molar-refractivity contribution in [1.82, 2.24) is 20.1 Å². The molecule has 22 heavy (non-hydrogen) atoms. The lowest BCUT2D eigenvalue weighted by Gasteiger charge is -2.08. The van der Waals surface area contributed by atoms with Gasteiger partial charge in [-0.25, -0.2) is 0 Å². The third-order valence-corrected chi connectivity index (χ3v) is 4.24. The van der Waals surface area contributed by atoms with E-state index in [1.54, 1.807) is 0 Å². The molecule has 1 aromatic heterocycles. The Kier molecular flexibility index (Phi) is 6.45. The number of nitrogens with one attached hydrogen (secondary N) is 1. The molecular formula is C16H22N4OS. The number of aryl methyl sites for hydroxylation is 1. The SMILES string of the molecule is CCCCNC(=O)CSc1nnc(C)n1Cc1ccccc1. The monoisotopic (exact) mass is 318 g/mol. The summed E-state index contributed by atoms with van der Waals surface area (Å²) in [6, 6.07) is 10.2. The molecule has 1 amide bonds. The molecule has 0 saturated heterocycles. The zero-order valence-corrected chi connectivity index (χ0v) is 13.9. The normalized spacial score (nSPS) is 10.6. The van der Waals surface area contributed by atoms with Crippen LogP contribution < -0.4 is 5.32 Å². The van der Waals surface area contributed by atoms with E-state index >= 15 is 0 Å². The summed E-state index contributed by atoms with van der Waals surface area (Å²) in [5, 5.41) is 12.0. The topological polar surface area (TPSA) is 59.8 Å². The third-order valence-electron chi connectivity index (χ3n) is 3.27. The van der Waals surface area contributed by atoms with Crippen molar-refractivity contribution >= 4 is 17.7 Å². The van der Waals surface area contributed by atoms with Crippen LogP contribution in [0, 0.1) is 6.92 Å². The van der Waals surface area contributed by atoms with E-state index in [1.165, 1.54) is 17.3 Å². The number of hydrogen-bond acceptors (Lipinski definition) is 4. The average molecular weight is 318 g/mol. The van der Waals surface area contributed by atoms with E-state index in [0.717, 1.165) is 36.9 Å². The first-order chi connectivity index (χ1) is 10.7. The van der Waals surface area contributed by atoms with Gasteiger partial charge in [0.2, 0.25) is 5.91 Å². The van der Waals surface area contributed by atoms with Crippen molar-refractivity contribution in [3.05, 3.63) is 41.7 Å². The van der Waals surface area contributed by atoms with Gasteiger partial charge in [0.1, 0.15) is 5.82 Å². The van der Waals surface area contributed by atoms with Crippen LogP contribution in [-0.4, -0.2) is 33.0 Å². The summed E-state index contributed by atoms with van der Waals surface area (Å²) in [5.74, 6) is 1.28. The Labute approximate surface area is 135 Å². The molecule has 1 aromatic carbocycles. The fraction of sp³-hybridized carbons (Fsp3) is 0.438.